The molecule has 1 saturated heterocycles. The van der Waals surface area contributed by atoms with E-state index in [4.69, 9.17) is 4.74 Å². The number of nitrogens with zero attached hydrogens (tertiary/aromatic N) is 2. The highest BCUT2D eigenvalue weighted by Gasteiger charge is 2.38. The number of rotatable bonds is 11. The zero-order chi connectivity index (χ0) is 24.6. The first-order chi connectivity index (χ1) is 15.6. The van der Waals surface area contributed by atoms with Crippen LogP contribution in [-0.4, -0.2) is 68.4 Å². The van der Waals surface area contributed by atoms with E-state index in [9.17, 15) is 23.2 Å². The maximum absolute atomic E-state index is 13.3. The van der Waals surface area contributed by atoms with Gasteiger partial charge in [-0.3, -0.25) is 14.8 Å². The molecular formula is C23H37N3O6S. The number of nitrogens with one attached hydrogen (secondary N) is 1. The Bertz CT molecular complexity index is 882. The van der Waals surface area contributed by atoms with Crippen LogP contribution in [0.2, 0.25) is 0 Å². The molecule has 0 unspecified atom stereocenters. The second kappa shape index (κ2) is 12.3. The number of benzene rings is 1. The molecule has 9 nitrogen and oxygen atoms in total. The van der Waals surface area contributed by atoms with E-state index >= 15 is 0 Å². The van der Waals surface area contributed by atoms with Crippen LogP contribution in [0, 0.1) is 17.8 Å². The molecule has 0 spiro atoms. The summed E-state index contributed by atoms with van der Waals surface area (Å²) in [4.78, 5) is 27.7. The van der Waals surface area contributed by atoms with E-state index in [0.29, 0.717) is 31.7 Å². The lowest BCUT2D eigenvalue weighted by Gasteiger charge is -2.34. The number of hydrogen-bond donors (Lipinski definition) is 2. The van der Waals surface area contributed by atoms with E-state index in [1.54, 1.807) is 22.5 Å². The number of piperidine rings is 1. The molecule has 1 aromatic rings. The molecule has 1 heterocycles. The van der Waals surface area contributed by atoms with Gasteiger partial charge in [0.15, 0.2) is 0 Å². The number of likely N-dealkylation sites (tertiary alicyclic amines) is 1. The summed E-state index contributed by atoms with van der Waals surface area (Å²) < 4.78 is 32.3. The second-order valence-electron chi connectivity index (χ2n) is 9.02. The standard InChI is InChI=1S/C23H37N3O6S/c1-17(2)16-18(21(22(27)24-29)23(28)26-13-6-5-7-14-26)12-15-25(3)33(30,31)20-10-8-19(32-4)9-11-20/h8-11,17-18,21,29H,5-7,12-16H2,1-4H3,(H,24,27)/t18-,21+/m0/s1. The fourth-order valence-corrected chi connectivity index (χ4v) is 5.52. The van der Waals surface area contributed by atoms with Crippen LogP contribution in [0.25, 0.3) is 0 Å². The Morgan fingerprint density at radius 2 is 1.76 bits per heavy atom. The topological polar surface area (TPSA) is 116 Å². The highest BCUT2D eigenvalue weighted by molar-refractivity contribution is 7.89. The van der Waals surface area contributed by atoms with Gasteiger partial charge in [0.05, 0.1) is 12.0 Å². The summed E-state index contributed by atoms with van der Waals surface area (Å²) >= 11 is 0. The molecule has 2 atom stereocenters. The maximum Gasteiger partial charge on any atom is 0.256 e. The van der Waals surface area contributed by atoms with Crippen LogP contribution in [0.1, 0.15) is 46.0 Å². The van der Waals surface area contributed by atoms with Crippen molar-refractivity contribution in [3.8, 4) is 5.75 Å². The minimum absolute atomic E-state index is 0.133. The molecule has 186 valence electrons. The molecule has 1 aromatic carbocycles. The molecule has 10 heteroatoms. The number of methoxy groups -OCH3 is 1. The number of carbonyl (C=O) groups excluding carboxylic acids is 2. The molecule has 2 N–H and O–H groups in total. The average Bonchev–Trinajstić information content (AvgIpc) is 2.82. The number of sulfonamides is 1. The highest BCUT2D eigenvalue weighted by Crippen LogP contribution is 2.29. The number of amides is 2. The minimum Gasteiger partial charge on any atom is -0.497 e. The van der Waals surface area contributed by atoms with Crippen molar-refractivity contribution in [1.29, 1.82) is 0 Å². The van der Waals surface area contributed by atoms with Gasteiger partial charge in [-0.15, -0.1) is 0 Å². The molecule has 1 aliphatic heterocycles. The van der Waals surface area contributed by atoms with Crippen LogP contribution in [0.5, 0.6) is 5.75 Å². The van der Waals surface area contributed by atoms with Gasteiger partial charge in [0.25, 0.3) is 5.91 Å². The smallest absolute Gasteiger partial charge is 0.256 e. The molecule has 0 aromatic heterocycles. The Morgan fingerprint density at radius 3 is 2.27 bits per heavy atom. The Balaban J connectivity index is 2.20. The normalized spacial score (nSPS) is 16.5. The molecule has 1 aliphatic rings. The summed E-state index contributed by atoms with van der Waals surface area (Å²) in [5.41, 5.74) is 1.66. The molecule has 0 saturated carbocycles. The summed E-state index contributed by atoms with van der Waals surface area (Å²) in [6.07, 6.45) is 3.67. The van der Waals surface area contributed by atoms with Crippen LogP contribution >= 0.6 is 0 Å². The zero-order valence-corrected chi connectivity index (χ0v) is 20.8. The minimum atomic E-state index is -3.75. The molecule has 33 heavy (non-hydrogen) atoms. The average molecular weight is 484 g/mol. The van der Waals surface area contributed by atoms with Crippen LogP contribution in [0.15, 0.2) is 29.2 Å². The molecule has 2 amide bonds. The quantitative estimate of drug-likeness (QED) is 0.284. The van der Waals surface area contributed by atoms with Gasteiger partial charge in [-0.1, -0.05) is 13.8 Å². The SMILES string of the molecule is COc1ccc(S(=O)(=O)N(C)CC[C@@H](CC(C)C)[C@H](C(=O)NO)C(=O)N2CCCCC2)cc1. The van der Waals surface area contributed by atoms with Crippen molar-refractivity contribution in [3.63, 3.8) is 0 Å². The Morgan fingerprint density at radius 1 is 1.15 bits per heavy atom. The highest BCUT2D eigenvalue weighted by atomic mass is 32.2. The van der Waals surface area contributed by atoms with Crippen molar-refractivity contribution in [2.45, 2.75) is 50.8 Å². The third kappa shape index (κ3) is 7.15. The molecule has 0 radical (unpaired) electrons. The third-order valence-electron chi connectivity index (χ3n) is 6.15. The van der Waals surface area contributed by atoms with Gasteiger partial charge in [-0.25, -0.2) is 18.2 Å². The molecule has 1 fully saturated rings. The van der Waals surface area contributed by atoms with Gasteiger partial charge >= 0.3 is 0 Å². The first kappa shape index (κ1) is 27.1. The van der Waals surface area contributed by atoms with Gasteiger partial charge in [0.2, 0.25) is 15.9 Å². The van der Waals surface area contributed by atoms with E-state index in [1.165, 1.54) is 30.6 Å². The Kier molecular flexibility index (Phi) is 10.1. The van der Waals surface area contributed by atoms with Gasteiger partial charge in [0, 0.05) is 26.7 Å². The molecular weight excluding hydrogens is 446 g/mol. The van der Waals surface area contributed by atoms with E-state index < -0.39 is 27.8 Å². The van der Waals surface area contributed by atoms with Crippen LogP contribution < -0.4 is 10.2 Å². The Labute approximate surface area is 197 Å². The van der Waals surface area contributed by atoms with Crippen LogP contribution in [-0.2, 0) is 19.6 Å². The summed E-state index contributed by atoms with van der Waals surface area (Å²) in [7, 11) is -0.754. The van der Waals surface area contributed by atoms with Crippen molar-refractivity contribution >= 4 is 21.8 Å². The van der Waals surface area contributed by atoms with Gasteiger partial charge < -0.3 is 9.64 Å². The fourth-order valence-electron chi connectivity index (χ4n) is 4.33. The lowest BCUT2D eigenvalue weighted by molar-refractivity contribution is -0.149. The molecule has 0 aliphatic carbocycles. The van der Waals surface area contributed by atoms with Crippen molar-refractivity contribution in [2.24, 2.45) is 17.8 Å². The number of carbonyl (C=O) groups is 2. The number of hydroxylamine groups is 1. The molecule has 0 bridgehead atoms. The van der Waals surface area contributed by atoms with Crippen molar-refractivity contribution in [3.05, 3.63) is 24.3 Å². The van der Waals surface area contributed by atoms with Crippen LogP contribution in [0.3, 0.4) is 0 Å². The predicted octanol–water partition coefficient (Wildman–Crippen LogP) is 2.50. The summed E-state index contributed by atoms with van der Waals surface area (Å²) in [6, 6.07) is 6.14. The summed E-state index contributed by atoms with van der Waals surface area (Å²) in [6.45, 7) is 5.30. The van der Waals surface area contributed by atoms with Crippen LogP contribution in [0.4, 0.5) is 0 Å². The summed E-state index contributed by atoms with van der Waals surface area (Å²) in [5, 5.41) is 9.35. The van der Waals surface area contributed by atoms with Gasteiger partial charge in [-0.2, -0.15) is 0 Å². The van der Waals surface area contributed by atoms with Crippen molar-refractivity contribution in [2.75, 3.05) is 33.8 Å². The van der Waals surface area contributed by atoms with E-state index in [2.05, 4.69) is 0 Å². The van der Waals surface area contributed by atoms with Crippen molar-refractivity contribution in [1.82, 2.24) is 14.7 Å². The summed E-state index contributed by atoms with van der Waals surface area (Å²) in [5.74, 6) is -1.78. The first-order valence-corrected chi connectivity index (χ1v) is 12.9. The van der Waals surface area contributed by atoms with E-state index in [-0.39, 0.29) is 23.3 Å². The second-order valence-corrected chi connectivity index (χ2v) is 11.1. The monoisotopic (exact) mass is 483 g/mol. The fraction of sp³-hybridized carbons (Fsp3) is 0.652. The Hall–Kier alpha value is -2.17. The van der Waals surface area contributed by atoms with E-state index in [1.807, 2.05) is 13.8 Å². The lowest BCUT2D eigenvalue weighted by atomic mass is 9.81. The number of hydrogen-bond acceptors (Lipinski definition) is 6. The third-order valence-corrected chi connectivity index (χ3v) is 8.03. The van der Waals surface area contributed by atoms with E-state index in [0.717, 1.165) is 19.3 Å². The predicted molar refractivity (Wildman–Crippen MR) is 124 cm³/mol. The van der Waals surface area contributed by atoms with Gasteiger partial charge in [0.1, 0.15) is 11.7 Å². The first-order valence-electron chi connectivity index (χ1n) is 11.4. The number of ether oxygens (including phenoxy) is 1. The van der Waals surface area contributed by atoms with Gasteiger partial charge in [-0.05, 0) is 68.2 Å². The lowest BCUT2D eigenvalue weighted by Crippen LogP contribution is -2.48. The maximum atomic E-state index is 13.3. The van der Waals surface area contributed by atoms with Crippen molar-refractivity contribution < 1.29 is 28.0 Å². The zero-order valence-electron chi connectivity index (χ0n) is 20.0. The molecule has 2 rings (SSSR count). The largest absolute Gasteiger partial charge is 0.497 e.